The van der Waals surface area contributed by atoms with Crippen LogP contribution >= 0.6 is 0 Å². The van der Waals surface area contributed by atoms with Crippen molar-refractivity contribution in [2.45, 2.75) is 31.9 Å². The van der Waals surface area contributed by atoms with Crippen LogP contribution in [-0.2, 0) is 21.1 Å². The van der Waals surface area contributed by atoms with Crippen LogP contribution in [0.25, 0.3) is 10.8 Å². The Morgan fingerprint density at radius 3 is 2.52 bits per heavy atom. The third kappa shape index (κ3) is 4.03. The molecular formula is C20H25NO3S. The molecule has 0 radical (unpaired) electrons. The number of hydrogen-bond donors (Lipinski definition) is 0. The second kappa shape index (κ2) is 7.16. The first kappa shape index (κ1) is 17.9. The van der Waals surface area contributed by atoms with Gasteiger partial charge >= 0.3 is 0 Å². The van der Waals surface area contributed by atoms with Crippen LogP contribution in [0.4, 0.5) is 0 Å². The van der Waals surface area contributed by atoms with E-state index in [4.69, 9.17) is 0 Å². The summed E-state index contributed by atoms with van der Waals surface area (Å²) < 4.78 is 24.4. The quantitative estimate of drug-likeness (QED) is 0.796. The molecule has 1 amide bonds. The van der Waals surface area contributed by atoms with Gasteiger partial charge in [0.1, 0.15) is 0 Å². The Balaban J connectivity index is 1.56. The number of hydrogen-bond acceptors (Lipinski definition) is 3. The normalized spacial score (nSPS) is 15.6. The second-order valence-corrected chi connectivity index (χ2v) is 9.61. The van der Waals surface area contributed by atoms with Gasteiger partial charge in [-0.1, -0.05) is 56.3 Å². The number of carbonyl (C=O) groups is 1. The van der Waals surface area contributed by atoms with Crippen molar-refractivity contribution in [3.63, 3.8) is 0 Å². The van der Waals surface area contributed by atoms with Gasteiger partial charge in [-0.3, -0.25) is 4.79 Å². The van der Waals surface area contributed by atoms with E-state index in [1.165, 1.54) is 10.8 Å². The van der Waals surface area contributed by atoms with E-state index in [1.807, 2.05) is 32.0 Å². The van der Waals surface area contributed by atoms with E-state index in [0.29, 0.717) is 25.9 Å². The first-order chi connectivity index (χ1) is 11.9. The van der Waals surface area contributed by atoms with Crippen LogP contribution in [-0.4, -0.2) is 43.3 Å². The molecule has 0 bridgehead atoms. The number of carbonyl (C=O) groups excluding carboxylic acids is 1. The first-order valence-electron chi connectivity index (χ1n) is 8.83. The minimum Gasteiger partial charge on any atom is -0.340 e. The molecule has 5 heteroatoms. The Bertz CT molecular complexity index is 862. The van der Waals surface area contributed by atoms with Gasteiger partial charge in [0.2, 0.25) is 5.91 Å². The molecule has 1 aliphatic heterocycles. The number of benzene rings is 2. The number of nitrogens with zero attached hydrogens (tertiary/aromatic N) is 1. The van der Waals surface area contributed by atoms with Gasteiger partial charge in [0, 0.05) is 19.5 Å². The molecular weight excluding hydrogens is 334 g/mol. The first-order valence-corrected chi connectivity index (χ1v) is 10.5. The fraction of sp³-hybridized carbons (Fsp3) is 0.450. The highest BCUT2D eigenvalue weighted by atomic mass is 32.2. The summed E-state index contributed by atoms with van der Waals surface area (Å²) >= 11 is 0. The molecule has 0 saturated carbocycles. The summed E-state index contributed by atoms with van der Waals surface area (Å²) in [5, 5.41) is 1.98. The molecule has 25 heavy (non-hydrogen) atoms. The lowest BCUT2D eigenvalue weighted by Gasteiger charge is -2.39. The zero-order valence-corrected chi connectivity index (χ0v) is 15.6. The monoisotopic (exact) mass is 359 g/mol. The van der Waals surface area contributed by atoms with E-state index in [1.54, 1.807) is 4.90 Å². The molecule has 1 saturated heterocycles. The van der Waals surface area contributed by atoms with Crippen molar-refractivity contribution in [2.75, 3.05) is 18.8 Å². The SMILES string of the molecule is CC(C)CS(=O)(=O)C1CN(C(=O)CCc2cccc3ccccc23)C1. The lowest BCUT2D eigenvalue weighted by molar-refractivity contribution is -0.134. The minimum atomic E-state index is -3.08. The fourth-order valence-electron chi connectivity index (χ4n) is 3.38. The highest BCUT2D eigenvalue weighted by Crippen LogP contribution is 2.23. The number of sulfone groups is 1. The molecule has 0 atom stereocenters. The molecule has 0 spiro atoms. The maximum Gasteiger partial charge on any atom is 0.222 e. The van der Waals surface area contributed by atoms with Crippen LogP contribution in [0.1, 0.15) is 25.8 Å². The number of aryl methyl sites for hydroxylation is 1. The minimum absolute atomic E-state index is 0.0453. The van der Waals surface area contributed by atoms with Crippen LogP contribution in [0.15, 0.2) is 42.5 Å². The van der Waals surface area contributed by atoms with Crippen molar-refractivity contribution in [1.82, 2.24) is 4.90 Å². The van der Waals surface area contributed by atoms with Crippen LogP contribution in [0.2, 0.25) is 0 Å². The molecule has 4 nitrogen and oxygen atoms in total. The molecule has 1 heterocycles. The maximum atomic E-state index is 12.4. The zero-order chi connectivity index (χ0) is 18.0. The van der Waals surface area contributed by atoms with Gasteiger partial charge < -0.3 is 4.90 Å². The highest BCUT2D eigenvalue weighted by Gasteiger charge is 2.39. The molecule has 0 unspecified atom stereocenters. The fourth-order valence-corrected chi connectivity index (χ4v) is 5.40. The standard InChI is InChI=1S/C20H25NO3S/c1-15(2)14-25(23,24)18-12-21(13-18)20(22)11-10-17-8-5-7-16-6-3-4-9-19(16)17/h3-9,15,18H,10-14H2,1-2H3. The summed E-state index contributed by atoms with van der Waals surface area (Å²) in [5.74, 6) is 0.375. The van der Waals surface area contributed by atoms with Crippen molar-refractivity contribution in [3.05, 3.63) is 48.0 Å². The molecule has 2 aromatic carbocycles. The molecule has 3 rings (SSSR count). The third-order valence-electron chi connectivity index (χ3n) is 4.76. The van der Waals surface area contributed by atoms with E-state index in [0.717, 1.165) is 5.56 Å². The smallest absolute Gasteiger partial charge is 0.222 e. The van der Waals surface area contributed by atoms with E-state index < -0.39 is 9.84 Å². The summed E-state index contributed by atoms with van der Waals surface area (Å²) in [6.45, 7) is 4.51. The van der Waals surface area contributed by atoms with E-state index in [9.17, 15) is 13.2 Å². The van der Waals surface area contributed by atoms with Crippen molar-refractivity contribution in [1.29, 1.82) is 0 Å². The summed E-state index contributed by atoms with van der Waals surface area (Å²) in [6.07, 6.45) is 1.10. The van der Waals surface area contributed by atoms with Gasteiger partial charge in [0.15, 0.2) is 9.84 Å². The van der Waals surface area contributed by atoms with Gasteiger partial charge in [-0.15, -0.1) is 0 Å². The Morgan fingerprint density at radius 2 is 1.80 bits per heavy atom. The predicted molar refractivity (Wildman–Crippen MR) is 101 cm³/mol. The Morgan fingerprint density at radius 1 is 1.12 bits per heavy atom. The van der Waals surface area contributed by atoms with E-state index in [2.05, 4.69) is 24.3 Å². The lowest BCUT2D eigenvalue weighted by atomic mass is 10.0. The van der Waals surface area contributed by atoms with Crippen LogP contribution in [0.5, 0.6) is 0 Å². The summed E-state index contributed by atoms with van der Waals surface area (Å²) in [4.78, 5) is 14.0. The van der Waals surface area contributed by atoms with E-state index >= 15 is 0 Å². The highest BCUT2D eigenvalue weighted by molar-refractivity contribution is 7.92. The van der Waals surface area contributed by atoms with Gasteiger partial charge in [0.25, 0.3) is 0 Å². The summed E-state index contributed by atoms with van der Waals surface area (Å²) in [6, 6.07) is 14.3. The van der Waals surface area contributed by atoms with Gasteiger partial charge in [0.05, 0.1) is 11.0 Å². The van der Waals surface area contributed by atoms with Crippen molar-refractivity contribution < 1.29 is 13.2 Å². The molecule has 0 aromatic heterocycles. The van der Waals surface area contributed by atoms with Gasteiger partial charge in [-0.2, -0.15) is 0 Å². The number of rotatable bonds is 6. The van der Waals surface area contributed by atoms with Crippen LogP contribution in [0.3, 0.4) is 0 Å². The largest absolute Gasteiger partial charge is 0.340 e. The van der Waals surface area contributed by atoms with Crippen molar-refractivity contribution in [2.24, 2.45) is 5.92 Å². The number of likely N-dealkylation sites (tertiary alicyclic amines) is 1. The molecule has 0 aliphatic carbocycles. The van der Waals surface area contributed by atoms with Gasteiger partial charge in [-0.05, 0) is 28.7 Å². The average Bonchev–Trinajstić information content (AvgIpc) is 2.49. The molecule has 1 fully saturated rings. The molecule has 1 aliphatic rings. The lowest BCUT2D eigenvalue weighted by Crippen LogP contribution is -2.57. The van der Waals surface area contributed by atoms with Crippen LogP contribution in [0, 0.1) is 5.92 Å². The maximum absolute atomic E-state index is 12.4. The summed E-state index contributed by atoms with van der Waals surface area (Å²) in [5.41, 5.74) is 1.16. The zero-order valence-electron chi connectivity index (χ0n) is 14.8. The van der Waals surface area contributed by atoms with E-state index in [-0.39, 0.29) is 22.8 Å². The Kier molecular flexibility index (Phi) is 5.13. The van der Waals surface area contributed by atoms with Gasteiger partial charge in [-0.25, -0.2) is 8.42 Å². The molecule has 134 valence electrons. The molecule has 0 N–H and O–H groups in total. The van der Waals surface area contributed by atoms with Crippen molar-refractivity contribution in [3.8, 4) is 0 Å². The van der Waals surface area contributed by atoms with Crippen molar-refractivity contribution >= 4 is 26.5 Å². The second-order valence-electron chi connectivity index (χ2n) is 7.28. The summed E-state index contributed by atoms with van der Waals surface area (Å²) in [7, 11) is -3.08. The Labute approximate surface area is 149 Å². The van der Waals surface area contributed by atoms with Crippen LogP contribution < -0.4 is 0 Å². The predicted octanol–water partition coefficient (Wildman–Crippen LogP) is 3.05. The molecule has 2 aromatic rings. The number of amides is 1. The topological polar surface area (TPSA) is 54.5 Å². The third-order valence-corrected chi connectivity index (χ3v) is 7.21. The average molecular weight is 359 g/mol. The Hall–Kier alpha value is -1.88. The number of fused-ring (bicyclic) bond motifs is 1.